The van der Waals surface area contributed by atoms with Crippen LogP contribution in [-0.2, 0) is 9.47 Å². The van der Waals surface area contributed by atoms with Crippen molar-refractivity contribution in [2.75, 3.05) is 13.2 Å². The number of hydrogen-bond acceptors (Lipinski definition) is 4. The standard InChI is InChI=1S/C15H24N2O3/c1-5-8-16-12-11(10-7-6-9-19-13(10)12)17-14(18)20-15(2,3)4/h1,10-13,16H,6-9H2,2-4H3,(H,17,18). The average Bonchev–Trinajstić information content (AvgIpc) is 2.35. The summed E-state index contributed by atoms with van der Waals surface area (Å²) in [4.78, 5) is 11.9. The van der Waals surface area contributed by atoms with Crippen LogP contribution in [0.1, 0.15) is 33.6 Å². The molecule has 0 radical (unpaired) electrons. The van der Waals surface area contributed by atoms with Crippen LogP contribution in [0.25, 0.3) is 0 Å². The third-order valence-corrected chi connectivity index (χ3v) is 3.74. The number of carbonyl (C=O) groups is 1. The van der Waals surface area contributed by atoms with E-state index < -0.39 is 5.60 Å². The zero-order valence-electron chi connectivity index (χ0n) is 12.4. The first-order chi connectivity index (χ1) is 9.42. The SMILES string of the molecule is C#CCNC1C(NC(=O)OC(C)(C)C)C2CCCOC21. The number of hydrogen-bond donors (Lipinski definition) is 2. The van der Waals surface area contributed by atoms with Crippen LogP contribution in [-0.4, -0.2) is 43.0 Å². The molecule has 5 heteroatoms. The molecule has 0 aromatic heterocycles. The molecule has 0 bridgehead atoms. The highest BCUT2D eigenvalue weighted by Gasteiger charge is 2.52. The maximum atomic E-state index is 11.9. The minimum Gasteiger partial charge on any atom is -0.444 e. The molecule has 1 aliphatic carbocycles. The minimum atomic E-state index is -0.488. The van der Waals surface area contributed by atoms with Gasteiger partial charge >= 0.3 is 6.09 Å². The van der Waals surface area contributed by atoms with E-state index in [1.165, 1.54) is 0 Å². The number of fused-ring (bicyclic) bond motifs is 1. The Bertz CT molecular complexity index is 397. The normalized spacial score (nSPS) is 32.5. The molecule has 2 fully saturated rings. The van der Waals surface area contributed by atoms with E-state index in [1.807, 2.05) is 20.8 Å². The highest BCUT2D eigenvalue weighted by molar-refractivity contribution is 5.68. The molecule has 112 valence electrons. The van der Waals surface area contributed by atoms with Gasteiger partial charge in [-0.3, -0.25) is 5.32 Å². The summed E-state index contributed by atoms with van der Waals surface area (Å²) in [6.45, 7) is 6.83. The summed E-state index contributed by atoms with van der Waals surface area (Å²) in [5.41, 5.74) is -0.488. The smallest absolute Gasteiger partial charge is 0.407 e. The Kier molecular flexibility index (Phi) is 4.56. The van der Waals surface area contributed by atoms with Crippen molar-refractivity contribution in [2.45, 2.75) is 57.4 Å². The van der Waals surface area contributed by atoms with Gasteiger partial charge in [0.25, 0.3) is 0 Å². The molecule has 2 aliphatic rings. The lowest BCUT2D eigenvalue weighted by atomic mass is 9.68. The van der Waals surface area contributed by atoms with Gasteiger partial charge in [0.2, 0.25) is 0 Å². The molecular formula is C15H24N2O3. The van der Waals surface area contributed by atoms with Crippen LogP contribution in [0.5, 0.6) is 0 Å². The molecule has 4 atom stereocenters. The maximum absolute atomic E-state index is 11.9. The lowest BCUT2D eigenvalue weighted by Gasteiger charge is -2.53. The van der Waals surface area contributed by atoms with E-state index in [0.29, 0.717) is 12.5 Å². The van der Waals surface area contributed by atoms with E-state index in [2.05, 4.69) is 16.6 Å². The monoisotopic (exact) mass is 280 g/mol. The van der Waals surface area contributed by atoms with Crippen LogP contribution < -0.4 is 10.6 Å². The van der Waals surface area contributed by atoms with E-state index in [1.54, 1.807) is 0 Å². The predicted octanol–water partition coefficient (Wildman–Crippen LogP) is 1.28. The molecule has 0 aromatic carbocycles. The van der Waals surface area contributed by atoms with Crippen molar-refractivity contribution >= 4 is 6.09 Å². The fraction of sp³-hybridized carbons (Fsp3) is 0.800. The second-order valence-corrected chi connectivity index (χ2v) is 6.42. The Morgan fingerprint density at radius 2 is 2.20 bits per heavy atom. The largest absolute Gasteiger partial charge is 0.444 e. The van der Waals surface area contributed by atoms with Crippen molar-refractivity contribution in [3.8, 4) is 12.3 Å². The molecule has 2 N–H and O–H groups in total. The molecule has 0 aromatic rings. The second-order valence-electron chi connectivity index (χ2n) is 6.42. The van der Waals surface area contributed by atoms with Crippen LogP contribution >= 0.6 is 0 Å². The van der Waals surface area contributed by atoms with E-state index in [4.69, 9.17) is 15.9 Å². The maximum Gasteiger partial charge on any atom is 0.407 e. The lowest BCUT2D eigenvalue weighted by molar-refractivity contribution is -0.127. The van der Waals surface area contributed by atoms with Crippen LogP contribution in [0.15, 0.2) is 0 Å². The third kappa shape index (κ3) is 3.44. The molecule has 20 heavy (non-hydrogen) atoms. The molecule has 4 unspecified atom stereocenters. The van der Waals surface area contributed by atoms with E-state index in [0.717, 1.165) is 19.4 Å². The predicted molar refractivity (Wildman–Crippen MR) is 76.2 cm³/mol. The minimum absolute atomic E-state index is 0.0310. The first-order valence-corrected chi connectivity index (χ1v) is 7.20. The Morgan fingerprint density at radius 1 is 1.45 bits per heavy atom. The van der Waals surface area contributed by atoms with Gasteiger partial charge in [0.15, 0.2) is 0 Å². The van der Waals surface area contributed by atoms with Crippen LogP contribution in [0.4, 0.5) is 4.79 Å². The van der Waals surface area contributed by atoms with E-state index in [9.17, 15) is 4.79 Å². The molecule has 1 aliphatic heterocycles. The fourth-order valence-electron chi connectivity index (χ4n) is 2.97. The summed E-state index contributed by atoms with van der Waals surface area (Å²) in [5.74, 6) is 2.92. The van der Waals surface area contributed by atoms with Crippen molar-refractivity contribution in [1.82, 2.24) is 10.6 Å². The third-order valence-electron chi connectivity index (χ3n) is 3.74. The zero-order chi connectivity index (χ0) is 14.8. The number of rotatable bonds is 3. The molecule has 1 saturated heterocycles. The highest BCUT2D eigenvalue weighted by atomic mass is 16.6. The van der Waals surface area contributed by atoms with Crippen molar-refractivity contribution in [3.05, 3.63) is 0 Å². The lowest BCUT2D eigenvalue weighted by Crippen LogP contribution is -2.73. The number of amides is 1. The number of nitrogens with one attached hydrogen (secondary N) is 2. The van der Waals surface area contributed by atoms with Crippen molar-refractivity contribution < 1.29 is 14.3 Å². The number of ether oxygens (including phenoxy) is 2. The van der Waals surface area contributed by atoms with Gasteiger partial charge in [0.05, 0.1) is 24.7 Å². The van der Waals surface area contributed by atoms with E-state index >= 15 is 0 Å². The molecule has 1 saturated carbocycles. The van der Waals surface area contributed by atoms with Crippen LogP contribution in [0.2, 0.25) is 0 Å². The van der Waals surface area contributed by atoms with Crippen molar-refractivity contribution in [3.63, 3.8) is 0 Å². The van der Waals surface area contributed by atoms with Crippen molar-refractivity contribution in [2.24, 2.45) is 5.92 Å². The Hall–Kier alpha value is -1.25. The highest BCUT2D eigenvalue weighted by Crippen LogP contribution is 2.38. The summed E-state index contributed by atoms with van der Waals surface area (Å²) in [5, 5.41) is 6.21. The molecule has 5 nitrogen and oxygen atoms in total. The molecule has 1 amide bonds. The summed E-state index contributed by atoms with van der Waals surface area (Å²) >= 11 is 0. The number of alkyl carbamates (subject to hydrolysis) is 1. The van der Waals surface area contributed by atoms with Gasteiger partial charge in [-0.2, -0.15) is 0 Å². The quantitative estimate of drug-likeness (QED) is 0.765. The molecule has 2 rings (SSSR count). The van der Waals surface area contributed by atoms with Gasteiger partial charge in [0.1, 0.15) is 5.60 Å². The molecular weight excluding hydrogens is 256 g/mol. The van der Waals surface area contributed by atoms with Crippen LogP contribution in [0.3, 0.4) is 0 Å². The second kappa shape index (κ2) is 6.02. The fourth-order valence-corrected chi connectivity index (χ4v) is 2.97. The summed E-state index contributed by atoms with van der Waals surface area (Å²) in [6, 6.07) is 0.104. The van der Waals surface area contributed by atoms with E-state index in [-0.39, 0.29) is 24.3 Å². The Labute approximate surface area is 120 Å². The van der Waals surface area contributed by atoms with Gasteiger partial charge in [-0.1, -0.05) is 5.92 Å². The molecule has 1 heterocycles. The van der Waals surface area contributed by atoms with Gasteiger partial charge in [-0.25, -0.2) is 4.79 Å². The van der Waals surface area contributed by atoms with Crippen molar-refractivity contribution in [1.29, 1.82) is 0 Å². The van der Waals surface area contributed by atoms with Gasteiger partial charge in [-0.15, -0.1) is 6.42 Å². The topological polar surface area (TPSA) is 59.6 Å². The zero-order valence-corrected chi connectivity index (χ0v) is 12.4. The summed E-state index contributed by atoms with van der Waals surface area (Å²) in [7, 11) is 0. The Balaban J connectivity index is 1.93. The number of terminal acetylenes is 1. The van der Waals surface area contributed by atoms with Gasteiger partial charge in [0, 0.05) is 12.5 Å². The number of carbonyl (C=O) groups excluding carboxylic acids is 1. The van der Waals surface area contributed by atoms with Gasteiger partial charge < -0.3 is 14.8 Å². The Morgan fingerprint density at radius 3 is 2.85 bits per heavy atom. The first-order valence-electron chi connectivity index (χ1n) is 7.20. The average molecular weight is 280 g/mol. The van der Waals surface area contributed by atoms with Crippen LogP contribution in [0, 0.1) is 18.3 Å². The summed E-state index contributed by atoms with van der Waals surface area (Å²) < 4.78 is 11.1. The molecule has 0 spiro atoms. The van der Waals surface area contributed by atoms with Gasteiger partial charge in [-0.05, 0) is 33.6 Å². The summed E-state index contributed by atoms with van der Waals surface area (Å²) in [6.07, 6.45) is 7.17. The first kappa shape index (κ1) is 15.1.